The number of anilines is 2. The van der Waals surface area contributed by atoms with Crippen LogP contribution in [0.5, 0.6) is 17.2 Å². The van der Waals surface area contributed by atoms with Crippen LogP contribution in [-0.2, 0) is 0 Å². The zero-order valence-corrected chi connectivity index (χ0v) is 25.6. The summed E-state index contributed by atoms with van der Waals surface area (Å²) in [5.74, 6) is -0.882. The lowest BCUT2D eigenvalue weighted by atomic mass is 10.1. The summed E-state index contributed by atoms with van der Waals surface area (Å²) in [4.78, 5) is 49.1. The highest BCUT2D eigenvalue weighted by atomic mass is 16.6. The standard InChI is InChI=1S/C32H38N4O8/c1-18(2)16-42-27-14-22(31(38)35-25-10-7-21(30(33)37)13-28(25)44-20(5)6)8-11-24(27)34-32(39)23-9-12-26(36(40)41)29(15-23)43-17-19(3)4/h7-15,18-20H,16-17H2,1-6H3,(H2,33,37)(H,34,39)(H,35,38). The average molecular weight is 607 g/mol. The van der Waals surface area contributed by atoms with Gasteiger partial charge in [0, 0.05) is 28.8 Å². The SMILES string of the molecule is CC(C)COc1cc(C(=O)Nc2ccc(C(N)=O)cc2OC(C)C)ccc1NC(=O)c1ccc([N+](=O)[O-])c(OCC(C)C)c1. The zero-order chi connectivity index (χ0) is 32.6. The van der Waals surface area contributed by atoms with Crippen LogP contribution in [0.3, 0.4) is 0 Å². The maximum Gasteiger partial charge on any atom is 0.310 e. The lowest BCUT2D eigenvalue weighted by molar-refractivity contribution is -0.385. The fourth-order valence-corrected chi connectivity index (χ4v) is 3.84. The molecule has 3 aromatic rings. The summed E-state index contributed by atoms with van der Waals surface area (Å²) in [6.45, 7) is 11.9. The van der Waals surface area contributed by atoms with Crippen LogP contribution in [0.4, 0.5) is 17.1 Å². The maximum absolute atomic E-state index is 13.3. The highest BCUT2D eigenvalue weighted by molar-refractivity contribution is 6.08. The summed E-state index contributed by atoms with van der Waals surface area (Å²) >= 11 is 0. The molecule has 0 bridgehead atoms. The molecule has 12 heteroatoms. The number of nitro groups is 1. The molecule has 0 aliphatic carbocycles. The molecule has 0 unspecified atom stereocenters. The number of hydrogen-bond acceptors (Lipinski definition) is 8. The first kappa shape index (κ1) is 33.4. The number of amides is 3. The van der Waals surface area contributed by atoms with E-state index in [1.54, 1.807) is 0 Å². The number of ether oxygens (including phenoxy) is 3. The van der Waals surface area contributed by atoms with E-state index in [9.17, 15) is 24.5 Å². The van der Waals surface area contributed by atoms with Crippen molar-refractivity contribution in [1.29, 1.82) is 0 Å². The van der Waals surface area contributed by atoms with Crippen molar-refractivity contribution >= 4 is 34.8 Å². The van der Waals surface area contributed by atoms with Crippen molar-refractivity contribution in [3.8, 4) is 17.2 Å². The molecule has 0 saturated heterocycles. The van der Waals surface area contributed by atoms with Crippen molar-refractivity contribution in [1.82, 2.24) is 0 Å². The molecule has 0 aliphatic heterocycles. The Labute approximate surface area is 256 Å². The predicted octanol–water partition coefficient (Wildman–Crippen LogP) is 6.06. The quantitative estimate of drug-likeness (QED) is 0.147. The highest BCUT2D eigenvalue weighted by Gasteiger charge is 2.21. The second-order valence-corrected chi connectivity index (χ2v) is 11.2. The van der Waals surface area contributed by atoms with E-state index >= 15 is 0 Å². The molecule has 44 heavy (non-hydrogen) atoms. The van der Waals surface area contributed by atoms with Gasteiger partial charge in [-0.3, -0.25) is 24.5 Å². The van der Waals surface area contributed by atoms with Gasteiger partial charge in [0.05, 0.1) is 35.6 Å². The third kappa shape index (κ3) is 9.18. The van der Waals surface area contributed by atoms with Crippen LogP contribution < -0.4 is 30.6 Å². The number of nitro benzene ring substituents is 1. The third-order valence-corrected chi connectivity index (χ3v) is 5.93. The summed E-state index contributed by atoms with van der Waals surface area (Å²) in [5, 5.41) is 17.0. The Kier molecular flexibility index (Phi) is 11.3. The molecule has 0 aromatic heterocycles. The monoisotopic (exact) mass is 606 g/mol. The Morgan fingerprint density at radius 1 is 0.727 bits per heavy atom. The topological polar surface area (TPSA) is 172 Å². The fourth-order valence-electron chi connectivity index (χ4n) is 3.84. The summed E-state index contributed by atoms with van der Waals surface area (Å²) in [6, 6.07) is 12.9. The minimum absolute atomic E-state index is 0.00988. The van der Waals surface area contributed by atoms with Crippen molar-refractivity contribution in [3.63, 3.8) is 0 Å². The number of carbonyl (C=O) groups excluding carboxylic acids is 3. The molecule has 3 amide bonds. The third-order valence-electron chi connectivity index (χ3n) is 5.93. The lowest BCUT2D eigenvalue weighted by Crippen LogP contribution is -2.18. The number of nitrogens with zero attached hydrogens (tertiary/aromatic N) is 1. The van der Waals surface area contributed by atoms with Gasteiger partial charge < -0.3 is 30.6 Å². The van der Waals surface area contributed by atoms with E-state index in [1.807, 2.05) is 41.5 Å². The van der Waals surface area contributed by atoms with Gasteiger partial charge in [-0.05, 0) is 68.1 Å². The second kappa shape index (κ2) is 14.9. The van der Waals surface area contributed by atoms with Gasteiger partial charge in [-0.1, -0.05) is 27.7 Å². The zero-order valence-electron chi connectivity index (χ0n) is 25.6. The number of hydrogen-bond donors (Lipinski definition) is 3. The van der Waals surface area contributed by atoms with Gasteiger partial charge >= 0.3 is 5.69 Å². The Morgan fingerprint density at radius 3 is 1.68 bits per heavy atom. The predicted molar refractivity (Wildman–Crippen MR) is 167 cm³/mol. The first-order chi connectivity index (χ1) is 20.7. The molecule has 12 nitrogen and oxygen atoms in total. The molecule has 0 atom stereocenters. The van der Waals surface area contributed by atoms with Gasteiger partial charge in [-0.15, -0.1) is 0 Å². The summed E-state index contributed by atoms with van der Waals surface area (Å²) in [7, 11) is 0. The lowest BCUT2D eigenvalue weighted by Gasteiger charge is -2.17. The molecule has 4 N–H and O–H groups in total. The number of benzene rings is 3. The van der Waals surface area contributed by atoms with E-state index in [1.165, 1.54) is 54.6 Å². The highest BCUT2D eigenvalue weighted by Crippen LogP contribution is 2.32. The molecular formula is C32H38N4O8. The smallest absolute Gasteiger partial charge is 0.310 e. The molecule has 0 heterocycles. The normalized spacial score (nSPS) is 10.9. The van der Waals surface area contributed by atoms with Gasteiger partial charge in [0.25, 0.3) is 11.8 Å². The Bertz CT molecular complexity index is 1530. The number of nitrogens with one attached hydrogen (secondary N) is 2. The van der Waals surface area contributed by atoms with E-state index in [4.69, 9.17) is 19.9 Å². The van der Waals surface area contributed by atoms with Crippen molar-refractivity contribution in [3.05, 3.63) is 81.4 Å². The van der Waals surface area contributed by atoms with E-state index in [2.05, 4.69) is 10.6 Å². The molecule has 3 aromatic carbocycles. The number of primary amides is 1. The molecule has 0 fully saturated rings. The largest absolute Gasteiger partial charge is 0.491 e. The molecule has 0 spiro atoms. The minimum atomic E-state index is -0.630. The van der Waals surface area contributed by atoms with Gasteiger partial charge in [0.2, 0.25) is 5.91 Å². The average Bonchev–Trinajstić information content (AvgIpc) is 2.95. The summed E-state index contributed by atoms with van der Waals surface area (Å²) in [6.07, 6.45) is -0.235. The Hall–Kier alpha value is -5.13. The van der Waals surface area contributed by atoms with Crippen molar-refractivity contribution in [2.24, 2.45) is 17.6 Å². The number of rotatable bonds is 14. The molecular weight excluding hydrogens is 568 g/mol. The van der Waals surface area contributed by atoms with E-state index in [0.717, 1.165) is 0 Å². The Morgan fingerprint density at radius 2 is 1.18 bits per heavy atom. The van der Waals surface area contributed by atoms with Gasteiger partial charge in [0.1, 0.15) is 11.5 Å². The van der Waals surface area contributed by atoms with Crippen LogP contribution in [0.15, 0.2) is 54.6 Å². The second-order valence-electron chi connectivity index (χ2n) is 11.2. The molecule has 0 aliphatic rings. The van der Waals surface area contributed by atoms with Crippen LogP contribution in [0.2, 0.25) is 0 Å². The number of carbonyl (C=O) groups is 3. The van der Waals surface area contributed by atoms with Gasteiger partial charge in [0.15, 0.2) is 5.75 Å². The fraction of sp³-hybridized carbons (Fsp3) is 0.344. The van der Waals surface area contributed by atoms with Crippen LogP contribution in [0.25, 0.3) is 0 Å². The first-order valence-electron chi connectivity index (χ1n) is 14.2. The van der Waals surface area contributed by atoms with Crippen LogP contribution in [-0.4, -0.2) is 42.0 Å². The summed E-state index contributed by atoms with van der Waals surface area (Å²) < 4.78 is 17.3. The van der Waals surface area contributed by atoms with Gasteiger partial charge in [-0.25, -0.2) is 0 Å². The maximum atomic E-state index is 13.3. The van der Waals surface area contributed by atoms with Crippen LogP contribution >= 0.6 is 0 Å². The first-order valence-corrected chi connectivity index (χ1v) is 14.2. The van der Waals surface area contributed by atoms with Crippen molar-refractivity contribution in [2.45, 2.75) is 47.6 Å². The molecule has 3 rings (SSSR count). The molecule has 234 valence electrons. The van der Waals surface area contributed by atoms with E-state index in [0.29, 0.717) is 18.0 Å². The Balaban J connectivity index is 1.90. The molecule has 0 saturated carbocycles. The van der Waals surface area contributed by atoms with Crippen LogP contribution in [0.1, 0.15) is 72.6 Å². The van der Waals surface area contributed by atoms with E-state index in [-0.39, 0.29) is 64.2 Å². The number of nitrogens with two attached hydrogens (primary N) is 1. The molecule has 0 radical (unpaired) electrons. The van der Waals surface area contributed by atoms with Gasteiger partial charge in [-0.2, -0.15) is 0 Å². The van der Waals surface area contributed by atoms with E-state index < -0.39 is 22.6 Å². The van der Waals surface area contributed by atoms with Crippen molar-refractivity contribution in [2.75, 3.05) is 23.8 Å². The van der Waals surface area contributed by atoms with Crippen LogP contribution in [0, 0.1) is 22.0 Å². The minimum Gasteiger partial charge on any atom is -0.491 e. The van der Waals surface area contributed by atoms with Crippen molar-refractivity contribution < 1.29 is 33.5 Å². The summed E-state index contributed by atoms with van der Waals surface area (Å²) in [5.41, 5.74) is 6.39.